The predicted molar refractivity (Wildman–Crippen MR) is 73.0 cm³/mol. The number of nitrogen functional groups attached to an aromatic ring is 1. The SMILES string of the molecule is Cc1nn(Cc2cc(F)cc(C(=N)N)c2)c(C)c1C. The third-order valence-corrected chi connectivity index (χ3v) is 3.34. The van der Waals surface area contributed by atoms with Crippen LogP contribution < -0.4 is 5.73 Å². The van der Waals surface area contributed by atoms with Crippen LogP contribution >= 0.6 is 0 Å². The highest BCUT2D eigenvalue weighted by Gasteiger charge is 2.09. The third-order valence-electron chi connectivity index (χ3n) is 3.34. The number of aryl methyl sites for hydroxylation is 1. The lowest BCUT2D eigenvalue weighted by Gasteiger charge is -2.07. The van der Waals surface area contributed by atoms with E-state index in [0.29, 0.717) is 12.1 Å². The maximum absolute atomic E-state index is 13.5. The summed E-state index contributed by atoms with van der Waals surface area (Å²) < 4.78 is 15.3. The Bertz CT molecular complexity index is 643. The molecule has 0 aliphatic rings. The summed E-state index contributed by atoms with van der Waals surface area (Å²) in [6.45, 7) is 6.42. The fourth-order valence-corrected chi connectivity index (χ4v) is 2.01. The first-order valence-electron chi connectivity index (χ1n) is 6.03. The summed E-state index contributed by atoms with van der Waals surface area (Å²) >= 11 is 0. The highest BCUT2D eigenvalue weighted by Crippen LogP contribution is 2.15. The van der Waals surface area contributed by atoms with Crippen LogP contribution in [0.25, 0.3) is 0 Å². The van der Waals surface area contributed by atoms with Gasteiger partial charge in [-0.05, 0) is 50.1 Å². The Kier molecular flexibility index (Phi) is 3.38. The van der Waals surface area contributed by atoms with Gasteiger partial charge in [-0.2, -0.15) is 5.10 Å². The van der Waals surface area contributed by atoms with Crippen molar-refractivity contribution in [3.63, 3.8) is 0 Å². The van der Waals surface area contributed by atoms with E-state index >= 15 is 0 Å². The van der Waals surface area contributed by atoms with Crippen molar-refractivity contribution < 1.29 is 4.39 Å². The number of aromatic nitrogens is 2. The Morgan fingerprint density at radius 2 is 2.00 bits per heavy atom. The molecule has 2 rings (SSSR count). The van der Waals surface area contributed by atoms with Crippen LogP contribution in [-0.4, -0.2) is 15.6 Å². The van der Waals surface area contributed by atoms with Crippen molar-refractivity contribution in [2.24, 2.45) is 5.73 Å². The van der Waals surface area contributed by atoms with Gasteiger partial charge in [0.15, 0.2) is 0 Å². The molecule has 0 atom stereocenters. The predicted octanol–water partition coefficient (Wildman–Crippen LogP) is 2.28. The molecule has 0 fully saturated rings. The van der Waals surface area contributed by atoms with E-state index in [1.807, 2.05) is 25.5 Å². The van der Waals surface area contributed by atoms with Gasteiger partial charge >= 0.3 is 0 Å². The fourth-order valence-electron chi connectivity index (χ4n) is 2.01. The van der Waals surface area contributed by atoms with Crippen LogP contribution in [-0.2, 0) is 6.54 Å². The second-order valence-corrected chi connectivity index (χ2v) is 4.72. The van der Waals surface area contributed by atoms with E-state index in [1.54, 1.807) is 6.07 Å². The first-order chi connectivity index (χ1) is 8.88. The van der Waals surface area contributed by atoms with Crippen molar-refractivity contribution >= 4 is 5.84 Å². The molecule has 0 saturated heterocycles. The maximum Gasteiger partial charge on any atom is 0.124 e. The number of nitrogens with zero attached hydrogens (tertiary/aromatic N) is 2. The lowest BCUT2D eigenvalue weighted by atomic mass is 10.1. The number of nitrogens with two attached hydrogens (primary N) is 1. The summed E-state index contributed by atoms with van der Waals surface area (Å²) in [5, 5.41) is 11.8. The number of rotatable bonds is 3. The molecule has 19 heavy (non-hydrogen) atoms. The molecule has 5 heteroatoms. The third kappa shape index (κ3) is 2.65. The largest absolute Gasteiger partial charge is 0.384 e. The number of amidine groups is 1. The normalized spacial score (nSPS) is 10.7. The van der Waals surface area contributed by atoms with Crippen LogP contribution in [0.15, 0.2) is 18.2 Å². The molecule has 4 nitrogen and oxygen atoms in total. The van der Waals surface area contributed by atoms with Gasteiger partial charge in [-0.1, -0.05) is 0 Å². The van der Waals surface area contributed by atoms with Gasteiger partial charge in [-0.3, -0.25) is 10.1 Å². The molecule has 2 aromatic rings. The number of hydrogen-bond acceptors (Lipinski definition) is 2. The van der Waals surface area contributed by atoms with Gasteiger partial charge < -0.3 is 5.73 Å². The highest BCUT2D eigenvalue weighted by molar-refractivity contribution is 5.95. The van der Waals surface area contributed by atoms with E-state index in [-0.39, 0.29) is 11.7 Å². The second-order valence-electron chi connectivity index (χ2n) is 4.72. The minimum Gasteiger partial charge on any atom is -0.384 e. The zero-order valence-corrected chi connectivity index (χ0v) is 11.3. The summed E-state index contributed by atoms with van der Waals surface area (Å²) in [7, 11) is 0. The zero-order valence-electron chi connectivity index (χ0n) is 11.3. The molecular formula is C14H17FN4. The Morgan fingerprint density at radius 1 is 1.32 bits per heavy atom. The standard InChI is InChI=1S/C14H17FN4/c1-8-9(2)18-19(10(8)3)7-11-4-12(14(16)17)6-13(15)5-11/h4-6H,7H2,1-3H3,(H3,16,17). The lowest BCUT2D eigenvalue weighted by Crippen LogP contribution is -2.13. The van der Waals surface area contributed by atoms with Gasteiger partial charge in [0.05, 0.1) is 12.2 Å². The van der Waals surface area contributed by atoms with E-state index in [0.717, 1.165) is 22.5 Å². The van der Waals surface area contributed by atoms with Gasteiger partial charge in [-0.25, -0.2) is 4.39 Å². The van der Waals surface area contributed by atoms with Crippen molar-refractivity contribution in [1.82, 2.24) is 9.78 Å². The Labute approximate surface area is 111 Å². The summed E-state index contributed by atoms with van der Waals surface area (Å²) in [4.78, 5) is 0. The van der Waals surface area contributed by atoms with Crippen LogP contribution in [0, 0.1) is 32.0 Å². The van der Waals surface area contributed by atoms with E-state index in [1.165, 1.54) is 12.1 Å². The minimum absolute atomic E-state index is 0.134. The van der Waals surface area contributed by atoms with Gasteiger partial charge in [0.2, 0.25) is 0 Å². The number of benzene rings is 1. The highest BCUT2D eigenvalue weighted by atomic mass is 19.1. The fraction of sp³-hybridized carbons (Fsp3) is 0.286. The van der Waals surface area contributed by atoms with Crippen molar-refractivity contribution in [2.75, 3.05) is 0 Å². The van der Waals surface area contributed by atoms with Gasteiger partial charge in [0.1, 0.15) is 11.7 Å². The maximum atomic E-state index is 13.5. The van der Waals surface area contributed by atoms with Crippen LogP contribution in [0.4, 0.5) is 4.39 Å². The quantitative estimate of drug-likeness (QED) is 0.656. The van der Waals surface area contributed by atoms with Crippen molar-refractivity contribution in [3.8, 4) is 0 Å². The van der Waals surface area contributed by atoms with Crippen molar-refractivity contribution in [3.05, 3.63) is 52.1 Å². The molecule has 0 unspecified atom stereocenters. The molecule has 0 aliphatic carbocycles. The van der Waals surface area contributed by atoms with E-state index in [2.05, 4.69) is 5.10 Å². The molecule has 0 amide bonds. The molecule has 0 saturated carbocycles. The van der Waals surface area contributed by atoms with E-state index in [9.17, 15) is 4.39 Å². The van der Waals surface area contributed by atoms with Crippen molar-refractivity contribution in [1.29, 1.82) is 5.41 Å². The topological polar surface area (TPSA) is 67.7 Å². The van der Waals surface area contributed by atoms with E-state index in [4.69, 9.17) is 11.1 Å². The molecule has 1 aromatic heterocycles. The van der Waals surface area contributed by atoms with Crippen LogP contribution in [0.2, 0.25) is 0 Å². The Morgan fingerprint density at radius 3 is 2.53 bits per heavy atom. The summed E-state index contributed by atoms with van der Waals surface area (Å²) in [6, 6.07) is 4.42. The lowest BCUT2D eigenvalue weighted by molar-refractivity contribution is 0.615. The number of nitrogens with one attached hydrogen (secondary N) is 1. The molecule has 0 bridgehead atoms. The zero-order chi connectivity index (χ0) is 14.2. The minimum atomic E-state index is -0.388. The average molecular weight is 260 g/mol. The molecule has 100 valence electrons. The monoisotopic (exact) mass is 260 g/mol. The molecule has 1 aromatic carbocycles. The molecule has 0 aliphatic heterocycles. The Hall–Kier alpha value is -2.17. The summed E-state index contributed by atoms with van der Waals surface area (Å²) in [5.41, 5.74) is 9.72. The second kappa shape index (κ2) is 4.84. The van der Waals surface area contributed by atoms with Crippen molar-refractivity contribution in [2.45, 2.75) is 27.3 Å². The van der Waals surface area contributed by atoms with E-state index < -0.39 is 0 Å². The molecule has 0 spiro atoms. The van der Waals surface area contributed by atoms with Crippen LogP contribution in [0.1, 0.15) is 28.1 Å². The molecule has 0 radical (unpaired) electrons. The summed E-state index contributed by atoms with van der Waals surface area (Å²) in [6.07, 6.45) is 0. The van der Waals surface area contributed by atoms with Gasteiger partial charge in [-0.15, -0.1) is 0 Å². The number of hydrogen-bond donors (Lipinski definition) is 2. The van der Waals surface area contributed by atoms with Crippen LogP contribution in [0.5, 0.6) is 0 Å². The molecule has 3 N–H and O–H groups in total. The number of halogens is 1. The first kappa shape index (κ1) is 13.3. The smallest absolute Gasteiger partial charge is 0.124 e. The molecule has 1 heterocycles. The van der Waals surface area contributed by atoms with Gasteiger partial charge in [0, 0.05) is 11.3 Å². The average Bonchev–Trinajstić information content (AvgIpc) is 2.56. The first-order valence-corrected chi connectivity index (χ1v) is 6.03. The van der Waals surface area contributed by atoms with Crippen LogP contribution in [0.3, 0.4) is 0 Å². The summed E-state index contributed by atoms with van der Waals surface area (Å²) in [5.74, 6) is -0.522. The molecular weight excluding hydrogens is 243 g/mol. The van der Waals surface area contributed by atoms with Gasteiger partial charge in [0.25, 0.3) is 0 Å². The Balaban J connectivity index is 2.38.